The summed E-state index contributed by atoms with van der Waals surface area (Å²) in [6, 6.07) is 0. The van der Waals surface area contributed by atoms with Crippen LogP contribution < -0.4 is 0 Å². The SMILES string of the molecule is CC(C)(C)OC(=O)N1C=C(/C=C/C(=O)O)CCC1. The van der Waals surface area contributed by atoms with E-state index in [4.69, 9.17) is 9.84 Å². The Bertz CT molecular complexity index is 390. The maximum absolute atomic E-state index is 11.8. The van der Waals surface area contributed by atoms with Crippen LogP contribution in [0.3, 0.4) is 0 Å². The first kappa shape index (κ1) is 14.3. The molecule has 100 valence electrons. The van der Waals surface area contributed by atoms with Crippen molar-refractivity contribution in [1.29, 1.82) is 0 Å². The number of nitrogens with zero attached hydrogens (tertiary/aromatic N) is 1. The second kappa shape index (κ2) is 5.71. The number of rotatable bonds is 2. The Kier molecular flexibility index (Phi) is 4.53. The number of ether oxygens (including phenoxy) is 1. The van der Waals surface area contributed by atoms with Crippen molar-refractivity contribution in [2.45, 2.75) is 39.2 Å². The lowest BCUT2D eigenvalue weighted by molar-refractivity contribution is -0.131. The molecule has 5 heteroatoms. The van der Waals surface area contributed by atoms with Crippen LogP contribution in [0, 0.1) is 0 Å². The van der Waals surface area contributed by atoms with Gasteiger partial charge in [-0.15, -0.1) is 0 Å². The summed E-state index contributed by atoms with van der Waals surface area (Å²) < 4.78 is 5.25. The molecule has 0 atom stereocenters. The first-order chi connectivity index (χ1) is 8.28. The predicted molar refractivity (Wildman–Crippen MR) is 67.0 cm³/mol. The standard InChI is InChI=1S/C13H19NO4/c1-13(2,3)18-12(17)14-8-4-5-10(9-14)6-7-11(15)16/h6-7,9H,4-5,8H2,1-3H3,(H,15,16)/b7-6+. The molecule has 0 aromatic carbocycles. The maximum atomic E-state index is 11.8. The van der Waals surface area contributed by atoms with Gasteiger partial charge in [0.2, 0.25) is 0 Å². The van der Waals surface area contributed by atoms with Crippen molar-refractivity contribution in [1.82, 2.24) is 4.90 Å². The monoisotopic (exact) mass is 253 g/mol. The molecule has 1 rings (SSSR count). The Hall–Kier alpha value is -1.78. The van der Waals surface area contributed by atoms with E-state index in [9.17, 15) is 9.59 Å². The van der Waals surface area contributed by atoms with Crippen LogP contribution in [0.2, 0.25) is 0 Å². The zero-order valence-corrected chi connectivity index (χ0v) is 11.0. The van der Waals surface area contributed by atoms with Gasteiger partial charge in [0.1, 0.15) is 5.60 Å². The average Bonchev–Trinajstić information content (AvgIpc) is 2.24. The van der Waals surface area contributed by atoms with E-state index in [0.29, 0.717) is 6.54 Å². The lowest BCUT2D eigenvalue weighted by Crippen LogP contribution is -2.35. The first-order valence-electron chi connectivity index (χ1n) is 5.89. The minimum absolute atomic E-state index is 0.400. The highest BCUT2D eigenvalue weighted by atomic mass is 16.6. The molecular formula is C13H19NO4. The fourth-order valence-electron chi connectivity index (χ4n) is 1.55. The van der Waals surface area contributed by atoms with Crippen LogP contribution in [0.4, 0.5) is 4.79 Å². The summed E-state index contributed by atoms with van der Waals surface area (Å²) in [4.78, 5) is 23.7. The highest BCUT2D eigenvalue weighted by Gasteiger charge is 2.22. The fourth-order valence-corrected chi connectivity index (χ4v) is 1.55. The molecule has 18 heavy (non-hydrogen) atoms. The molecule has 0 unspecified atom stereocenters. The Morgan fingerprint density at radius 2 is 2.11 bits per heavy atom. The van der Waals surface area contributed by atoms with Gasteiger partial charge in [-0.05, 0) is 39.2 Å². The molecule has 5 nitrogen and oxygen atoms in total. The summed E-state index contributed by atoms with van der Waals surface area (Å²) in [5.41, 5.74) is 0.286. The van der Waals surface area contributed by atoms with Gasteiger partial charge >= 0.3 is 12.1 Å². The third kappa shape index (κ3) is 5.03. The van der Waals surface area contributed by atoms with Gasteiger partial charge in [0.05, 0.1) is 0 Å². The molecule has 1 N–H and O–H groups in total. The number of carboxylic acids is 1. The molecule has 0 saturated carbocycles. The van der Waals surface area contributed by atoms with Gasteiger partial charge in [-0.3, -0.25) is 4.90 Å². The van der Waals surface area contributed by atoms with E-state index in [1.165, 1.54) is 11.0 Å². The number of carboxylic acid groups (broad SMARTS) is 1. The quantitative estimate of drug-likeness (QED) is 0.768. The minimum Gasteiger partial charge on any atom is -0.478 e. The van der Waals surface area contributed by atoms with Crippen molar-refractivity contribution in [3.8, 4) is 0 Å². The molecule has 0 aromatic heterocycles. The smallest absolute Gasteiger partial charge is 0.414 e. The van der Waals surface area contributed by atoms with E-state index in [2.05, 4.69) is 0 Å². The van der Waals surface area contributed by atoms with Gasteiger partial charge in [-0.25, -0.2) is 9.59 Å². The zero-order chi connectivity index (χ0) is 13.8. The van der Waals surface area contributed by atoms with E-state index < -0.39 is 17.7 Å². The highest BCUT2D eigenvalue weighted by molar-refractivity contribution is 5.80. The fraction of sp³-hybridized carbons (Fsp3) is 0.538. The van der Waals surface area contributed by atoms with Crippen molar-refractivity contribution in [3.05, 3.63) is 23.9 Å². The van der Waals surface area contributed by atoms with Gasteiger partial charge in [0.25, 0.3) is 0 Å². The van der Waals surface area contributed by atoms with Gasteiger partial charge in [-0.1, -0.05) is 6.08 Å². The van der Waals surface area contributed by atoms with Crippen LogP contribution in [0.25, 0.3) is 0 Å². The number of aliphatic carboxylic acids is 1. The van der Waals surface area contributed by atoms with Gasteiger partial charge in [0, 0.05) is 18.8 Å². The summed E-state index contributed by atoms with van der Waals surface area (Å²) in [6.07, 6.45) is 5.40. The topological polar surface area (TPSA) is 66.8 Å². The molecule has 0 radical (unpaired) electrons. The van der Waals surface area contributed by atoms with Crippen molar-refractivity contribution >= 4 is 12.1 Å². The number of hydrogen-bond acceptors (Lipinski definition) is 3. The van der Waals surface area contributed by atoms with E-state index in [-0.39, 0.29) is 0 Å². The van der Waals surface area contributed by atoms with E-state index in [1.807, 2.05) is 20.8 Å². The van der Waals surface area contributed by atoms with E-state index in [0.717, 1.165) is 24.5 Å². The molecule has 1 heterocycles. The third-order valence-electron chi connectivity index (χ3n) is 2.25. The number of carbonyl (C=O) groups is 2. The number of amides is 1. The largest absolute Gasteiger partial charge is 0.478 e. The molecule has 0 bridgehead atoms. The molecule has 0 aliphatic carbocycles. The normalized spacial score (nSPS) is 16.6. The second-order valence-electron chi connectivity index (χ2n) is 5.15. The third-order valence-corrected chi connectivity index (χ3v) is 2.25. The summed E-state index contributed by atoms with van der Waals surface area (Å²) in [5, 5.41) is 8.55. The number of allylic oxidation sites excluding steroid dienone is 2. The predicted octanol–water partition coefficient (Wildman–Crippen LogP) is 2.54. The lowest BCUT2D eigenvalue weighted by Gasteiger charge is -2.27. The van der Waals surface area contributed by atoms with Crippen molar-refractivity contribution in [2.24, 2.45) is 0 Å². The summed E-state index contributed by atoms with van der Waals surface area (Å²) in [7, 11) is 0. The molecule has 0 aromatic rings. The zero-order valence-electron chi connectivity index (χ0n) is 11.0. The Morgan fingerprint density at radius 1 is 1.44 bits per heavy atom. The van der Waals surface area contributed by atoms with Crippen LogP contribution in [-0.2, 0) is 9.53 Å². The molecule has 1 amide bonds. The molecule has 0 fully saturated rings. The second-order valence-corrected chi connectivity index (χ2v) is 5.15. The molecular weight excluding hydrogens is 234 g/mol. The van der Waals surface area contributed by atoms with Crippen LogP contribution in [0.5, 0.6) is 0 Å². The van der Waals surface area contributed by atoms with Crippen LogP contribution >= 0.6 is 0 Å². The highest BCUT2D eigenvalue weighted by Crippen LogP contribution is 2.18. The molecule has 0 spiro atoms. The van der Waals surface area contributed by atoms with E-state index >= 15 is 0 Å². The number of hydrogen-bond donors (Lipinski definition) is 1. The van der Waals surface area contributed by atoms with Gasteiger partial charge in [0.15, 0.2) is 0 Å². The lowest BCUT2D eigenvalue weighted by atomic mass is 10.1. The van der Waals surface area contributed by atoms with Crippen LogP contribution in [0.15, 0.2) is 23.9 Å². The van der Waals surface area contributed by atoms with Crippen molar-refractivity contribution in [2.75, 3.05) is 6.54 Å². The van der Waals surface area contributed by atoms with Gasteiger partial charge < -0.3 is 9.84 Å². The van der Waals surface area contributed by atoms with Crippen LogP contribution in [-0.4, -0.2) is 34.2 Å². The Labute approximate surface area is 107 Å². The Balaban J connectivity index is 2.70. The first-order valence-corrected chi connectivity index (χ1v) is 5.89. The summed E-state index contributed by atoms with van der Waals surface area (Å²) >= 11 is 0. The Morgan fingerprint density at radius 3 is 2.67 bits per heavy atom. The van der Waals surface area contributed by atoms with Crippen molar-refractivity contribution < 1.29 is 19.4 Å². The van der Waals surface area contributed by atoms with Gasteiger partial charge in [-0.2, -0.15) is 0 Å². The average molecular weight is 253 g/mol. The number of carbonyl (C=O) groups excluding carboxylic acids is 1. The summed E-state index contributed by atoms with van der Waals surface area (Å²) in [5.74, 6) is -0.995. The van der Waals surface area contributed by atoms with E-state index in [1.54, 1.807) is 6.20 Å². The molecule has 0 saturated heterocycles. The molecule has 1 aliphatic heterocycles. The molecule has 1 aliphatic rings. The van der Waals surface area contributed by atoms with Crippen LogP contribution in [0.1, 0.15) is 33.6 Å². The minimum atomic E-state index is -0.995. The van der Waals surface area contributed by atoms with Crippen molar-refractivity contribution in [3.63, 3.8) is 0 Å². The summed E-state index contributed by atoms with van der Waals surface area (Å²) in [6.45, 7) is 6.02. The maximum Gasteiger partial charge on any atom is 0.414 e.